The third kappa shape index (κ3) is 5.86. The zero-order valence-electron chi connectivity index (χ0n) is 18.6. The van der Waals surface area contributed by atoms with E-state index in [1.807, 2.05) is 78.9 Å². The lowest BCUT2D eigenvalue weighted by atomic mass is 10.1. The van der Waals surface area contributed by atoms with E-state index in [2.05, 4.69) is 17.5 Å². The summed E-state index contributed by atoms with van der Waals surface area (Å²) >= 11 is 0. The molecule has 1 aliphatic heterocycles. The molecule has 0 bridgehead atoms. The lowest BCUT2D eigenvalue weighted by Crippen LogP contribution is -2.30. The maximum atomic E-state index is 12.6. The summed E-state index contributed by atoms with van der Waals surface area (Å²) in [6.45, 7) is 2.92. The summed E-state index contributed by atoms with van der Waals surface area (Å²) in [5.41, 5.74) is 6.50. The second-order valence-electron chi connectivity index (χ2n) is 8.01. The average molecular weight is 442 g/mol. The van der Waals surface area contributed by atoms with Gasteiger partial charge in [0.1, 0.15) is 12.4 Å². The van der Waals surface area contributed by atoms with Gasteiger partial charge in [0, 0.05) is 18.7 Å². The molecule has 1 aliphatic rings. The van der Waals surface area contributed by atoms with Crippen LogP contribution >= 0.6 is 0 Å². The molecule has 0 spiro atoms. The van der Waals surface area contributed by atoms with Crippen LogP contribution in [0.3, 0.4) is 0 Å². The average Bonchev–Trinajstić information content (AvgIpc) is 3.25. The predicted octanol–water partition coefficient (Wildman–Crippen LogP) is 4.33. The molecule has 0 radical (unpaired) electrons. The Morgan fingerprint density at radius 2 is 1.85 bits per heavy atom. The number of hydrogen-bond acceptors (Lipinski definition) is 4. The Balaban J connectivity index is 1.30. The molecule has 3 aromatic carbocycles. The number of carbonyl (C=O) groups excluding carboxylic acids is 2. The summed E-state index contributed by atoms with van der Waals surface area (Å²) in [4.78, 5) is 26.7. The standard InChI is InChI=1S/C27H27N3O3/c1-2-20-11-13-24(14-12-20)30-18-23(16-26(30)31)27(32)29-28-17-22-9-6-10-25(15-22)33-19-21-7-4-3-5-8-21/h3-15,17,23H,2,16,18-19H2,1H3,(H,29,32)/b28-17+/t23-/m0/s1. The number of amides is 2. The minimum Gasteiger partial charge on any atom is -0.489 e. The molecule has 168 valence electrons. The maximum Gasteiger partial charge on any atom is 0.245 e. The van der Waals surface area contributed by atoms with Crippen molar-refractivity contribution in [3.05, 3.63) is 95.6 Å². The van der Waals surface area contributed by atoms with E-state index < -0.39 is 5.92 Å². The number of hydrazone groups is 1. The Hall–Kier alpha value is -3.93. The Bertz CT molecular complexity index is 1130. The third-order valence-electron chi connectivity index (χ3n) is 5.65. The fourth-order valence-corrected chi connectivity index (χ4v) is 3.73. The van der Waals surface area contributed by atoms with Crippen LogP contribution in [0.2, 0.25) is 0 Å². The van der Waals surface area contributed by atoms with Gasteiger partial charge in [-0.2, -0.15) is 5.10 Å². The van der Waals surface area contributed by atoms with Crippen LogP contribution in [0.25, 0.3) is 0 Å². The minimum absolute atomic E-state index is 0.0494. The largest absolute Gasteiger partial charge is 0.489 e. The van der Waals surface area contributed by atoms with Gasteiger partial charge in [-0.3, -0.25) is 9.59 Å². The van der Waals surface area contributed by atoms with Gasteiger partial charge in [0.2, 0.25) is 11.8 Å². The topological polar surface area (TPSA) is 71.0 Å². The van der Waals surface area contributed by atoms with Crippen LogP contribution in [0, 0.1) is 5.92 Å². The Labute approximate surface area is 193 Å². The summed E-state index contributed by atoms with van der Waals surface area (Å²) in [5, 5.41) is 4.08. The molecule has 33 heavy (non-hydrogen) atoms. The van der Waals surface area contributed by atoms with E-state index in [0.29, 0.717) is 13.2 Å². The zero-order valence-corrected chi connectivity index (χ0v) is 18.6. The second-order valence-corrected chi connectivity index (χ2v) is 8.01. The van der Waals surface area contributed by atoms with E-state index in [9.17, 15) is 9.59 Å². The van der Waals surface area contributed by atoms with Crippen molar-refractivity contribution in [2.24, 2.45) is 11.0 Å². The second kappa shape index (κ2) is 10.6. The fourth-order valence-electron chi connectivity index (χ4n) is 3.73. The van der Waals surface area contributed by atoms with Crippen molar-refractivity contribution in [1.29, 1.82) is 0 Å². The lowest BCUT2D eigenvalue weighted by Gasteiger charge is -2.16. The number of hydrogen-bond donors (Lipinski definition) is 1. The van der Waals surface area contributed by atoms with Crippen LogP contribution in [0.1, 0.15) is 30.0 Å². The van der Waals surface area contributed by atoms with E-state index in [1.54, 1.807) is 11.1 Å². The monoisotopic (exact) mass is 441 g/mol. The van der Waals surface area contributed by atoms with Gasteiger partial charge in [0.05, 0.1) is 12.1 Å². The molecule has 1 fully saturated rings. The van der Waals surface area contributed by atoms with Crippen LogP contribution in [0.4, 0.5) is 5.69 Å². The van der Waals surface area contributed by atoms with E-state index in [4.69, 9.17) is 4.74 Å². The van der Waals surface area contributed by atoms with E-state index in [-0.39, 0.29) is 18.2 Å². The Morgan fingerprint density at radius 1 is 1.06 bits per heavy atom. The van der Waals surface area contributed by atoms with Gasteiger partial charge in [0.15, 0.2) is 0 Å². The maximum absolute atomic E-state index is 12.6. The van der Waals surface area contributed by atoms with Crippen molar-refractivity contribution in [2.75, 3.05) is 11.4 Å². The van der Waals surface area contributed by atoms with E-state index in [1.165, 1.54) is 5.56 Å². The number of nitrogens with one attached hydrogen (secondary N) is 1. The van der Waals surface area contributed by atoms with Crippen LogP contribution in [-0.2, 0) is 22.6 Å². The number of nitrogens with zero attached hydrogens (tertiary/aromatic N) is 2. The van der Waals surface area contributed by atoms with Gasteiger partial charge in [-0.05, 0) is 47.4 Å². The van der Waals surface area contributed by atoms with Crippen molar-refractivity contribution in [2.45, 2.75) is 26.4 Å². The van der Waals surface area contributed by atoms with E-state index in [0.717, 1.165) is 29.0 Å². The van der Waals surface area contributed by atoms with Crippen LogP contribution < -0.4 is 15.1 Å². The molecular weight excluding hydrogens is 414 g/mol. The molecular formula is C27H27N3O3. The highest BCUT2D eigenvalue weighted by molar-refractivity contribution is 6.00. The predicted molar refractivity (Wildman–Crippen MR) is 129 cm³/mol. The number of carbonyl (C=O) groups is 2. The zero-order chi connectivity index (χ0) is 23.0. The van der Waals surface area contributed by atoms with Gasteiger partial charge in [-0.1, -0.05) is 61.5 Å². The number of rotatable bonds is 8. The normalized spacial score (nSPS) is 15.7. The van der Waals surface area contributed by atoms with Crippen molar-refractivity contribution in [3.63, 3.8) is 0 Å². The summed E-state index contributed by atoms with van der Waals surface area (Å²) in [6, 6.07) is 25.3. The molecule has 0 aliphatic carbocycles. The molecule has 6 heteroatoms. The number of benzene rings is 3. The summed E-state index contributed by atoms with van der Waals surface area (Å²) in [6.07, 6.45) is 2.70. The molecule has 0 saturated carbocycles. The molecule has 1 N–H and O–H groups in total. The van der Waals surface area contributed by atoms with E-state index >= 15 is 0 Å². The first kappa shape index (κ1) is 22.3. The molecule has 6 nitrogen and oxygen atoms in total. The fraction of sp³-hybridized carbons (Fsp3) is 0.222. The lowest BCUT2D eigenvalue weighted by molar-refractivity contribution is -0.126. The van der Waals surface area contributed by atoms with Crippen LogP contribution in [-0.4, -0.2) is 24.6 Å². The number of ether oxygens (including phenoxy) is 1. The SMILES string of the molecule is CCc1ccc(N2C[C@@H](C(=O)N/N=C/c3cccc(OCc4ccccc4)c3)CC2=O)cc1. The minimum atomic E-state index is -0.430. The van der Waals surface area contributed by atoms with Gasteiger partial charge in [-0.15, -0.1) is 0 Å². The Kier molecular flexibility index (Phi) is 7.15. The van der Waals surface area contributed by atoms with Crippen LogP contribution in [0.5, 0.6) is 5.75 Å². The molecule has 1 heterocycles. The van der Waals surface area contributed by atoms with Gasteiger partial charge in [-0.25, -0.2) is 5.43 Å². The van der Waals surface area contributed by atoms with Crippen molar-refractivity contribution >= 4 is 23.7 Å². The number of aryl methyl sites for hydroxylation is 1. The molecule has 2 amide bonds. The first-order valence-electron chi connectivity index (χ1n) is 11.1. The van der Waals surface area contributed by atoms with Gasteiger partial charge < -0.3 is 9.64 Å². The quantitative estimate of drug-likeness (QED) is 0.418. The number of anilines is 1. The van der Waals surface area contributed by atoms with Crippen molar-refractivity contribution in [3.8, 4) is 5.75 Å². The molecule has 1 saturated heterocycles. The van der Waals surface area contributed by atoms with Crippen molar-refractivity contribution in [1.82, 2.24) is 5.43 Å². The highest BCUT2D eigenvalue weighted by atomic mass is 16.5. The summed E-state index contributed by atoms with van der Waals surface area (Å²) in [5.74, 6) is -0.0169. The molecule has 3 aromatic rings. The van der Waals surface area contributed by atoms with Gasteiger partial charge in [0.25, 0.3) is 0 Å². The highest BCUT2D eigenvalue weighted by Gasteiger charge is 2.35. The first-order valence-corrected chi connectivity index (χ1v) is 11.1. The summed E-state index contributed by atoms with van der Waals surface area (Å²) in [7, 11) is 0. The van der Waals surface area contributed by atoms with Crippen molar-refractivity contribution < 1.29 is 14.3 Å². The summed E-state index contributed by atoms with van der Waals surface area (Å²) < 4.78 is 5.83. The third-order valence-corrected chi connectivity index (χ3v) is 5.65. The Morgan fingerprint density at radius 3 is 2.61 bits per heavy atom. The highest BCUT2D eigenvalue weighted by Crippen LogP contribution is 2.25. The molecule has 1 atom stereocenters. The van der Waals surface area contributed by atoms with Crippen LogP contribution in [0.15, 0.2) is 84.0 Å². The van der Waals surface area contributed by atoms with Gasteiger partial charge >= 0.3 is 0 Å². The molecule has 4 rings (SSSR count). The molecule has 0 unspecified atom stereocenters. The molecule has 0 aromatic heterocycles. The smallest absolute Gasteiger partial charge is 0.245 e. The first-order chi connectivity index (χ1) is 16.1.